The van der Waals surface area contributed by atoms with Crippen LogP contribution in [0.2, 0.25) is 0 Å². The largest absolute Gasteiger partial charge is 0.461 e. The molecule has 1 aromatic rings. The van der Waals surface area contributed by atoms with Crippen LogP contribution in [0.3, 0.4) is 0 Å². The van der Waals surface area contributed by atoms with E-state index >= 15 is 0 Å². The van der Waals surface area contributed by atoms with E-state index in [4.69, 9.17) is 4.74 Å². The van der Waals surface area contributed by atoms with Crippen LogP contribution in [0, 0.1) is 0 Å². The number of nitrogens with one attached hydrogen (secondary N) is 2. The molecular formula is C19H26N2O3S. The first-order chi connectivity index (χ1) is 11.9. The van der Waals surface area contributed by atoms with E-state index in [9.17, 15) is 9.59 Å². The molecule has 1 aliphatic heterocycles. The molecule has 0 spiro atoms. The van der Waals surface area contributed by atoms with Crippen molar-refractivity contribution in [1.29, 1.82) is 0 Å². The Bertz CT molecular complexity index is 653. The normalized spacial score (nSPS) is 17.3. The number of amides is 2. The maximum Gasteiger partial charge on any atom is 0.338 e. The third-order valence-electron chi connectivity index (χ3n) is 4.09. The average Bonchev–Trinajstić information content (AvgIpc) is 2.58. The van der Waals surface area contributed by atoms with Crippen LogP contribution in [0.15, 0.2) is 35.5 Å². The molecule has 1 atom stereocenters. The van der Waals surface area contributed by atoms with Crippen molar-refractivity contribution < 1.29 is 14.3 Å². The Balaban J connectivity index is 2.22. The Labute approximate surface area is 153 Å². The van der Waals surface area contributed by atoms with Gasteiger partial charge in [-0.3, -0.25) is 0 Å². The second-order valence-electron chi connectivity index (χ2n) is 6.22. The van der Waals surface area contributed by atoms with Crippen LogP contribution in [0.1, 0.15) is 50.8 Å². The van der Waals surface area contributed by atoms with Crippen molar-refractivity contribution in [3.63, 3.8) is 0 Å². The fourth-order valence-corrected chi connectivity index (χ4v) is 3.19. The van der Waals surface area contributed by atoms with Crippen LogP contribution >= 0.6 is 11.8 Å². The number of ether oxygens (including phenoxy) is 1. The molecule has 1 aliphatic rings. The molecule has 2 N–H and O–H groups in total. The second kappa shape index (κ2) is 8.94. The summed E-state index contributed by atoms with van der Waals surface area (Å²) in [5, 5.41) is 5.50. The lowest BCUT2D eigenvalue weighted by molar-refractivity contribution is -0.138. The first-order valence-corrected chi connectivity index (χ1v) is 9.72. The van der Waals surface area contributed by atoms with Crippen LogP contribution in [-0.4, -0.2) is 30.1 Å². The van der Waals surface area contributed by atoms with Crippen molar-refractivity contribution >= 4 is 23.8 Å². The number of benzene rings is 1. The second-order valence-corrected chi connectivity index (χ2v) is 7.62. The number of rotatable bonds is 7. The summed E-state index contributed by atoms with van der Waals surface area (Å²) in [7, 11) is 0. The Morgan fingerprint density at radius 1 is 1.28 bits per heavy atom. The molecule has 5 nitrogen and oxygen atoms in total. The van der Waals surface area contributed by atoms with Crippen molar-refractivity contribution in [2.24, 2.45) is 0 Å². The summed E-state index contributed by atoms with van der Waals surface area (Å²) < 4.78 is 5.39. The SMILES string of the molecule is CCSCCOC(=O)C1=C(C)NC(=O)NC1c1ccc(C(C)C)cc1. The number of hydrogen-bond acceptors (Lipinski definition) is 4. The van der Waals surface area contributed by atoms with E-state index in [1.165, 1.54) is 5.56 Å². The molecule has 0 aromatic heterocycles. The standard InChI is InChI=1S/C19H26N2O3S/c1-5-25-11-10-24-18(22)16-13(4)20-19(23)21-17(16)15-8-6-14(7-9-15)12(2)3/h6-9,12,17H,5,10-11H2,1-4H3,(H2,20,21,23). The lowest BCUT2D eigenvalue weighted by atomic mass is 9.93. The molecule has 1 aromatic carbocycles. The maximum atomic E-state index is 12.6. The minimum Gasteiger partial charge on any atom is -0.461 e. The molecule has 6 heteroatoms. The van der Waals surface area contributed by atoms with Gasteiger partial charge in [0.25, 0.3) is 0 Å². The maximum absolute atomic E-state index is 12.6. The molecule has 0 radical (unpaired) electrons. The van der Waals surface area contributed by atoms with E-state index in [0.717, 1.165) is 17.1 Å². The lowest BCUT2D eigenvalue weighted by Gasteiger charge is -2.28. The monoisotopic (exact) mass is 362 g/mol. The van der Waals surface area contributed by atoms with Crippen LogP contribution < -0.4 is 10.6 Å². The van der Waals surface area contributed by atoms with Gasteiger partial charge in [-0.25, -0.2) is 9.59 Å². The summed E-state index contributed by atoms with van der Waals surface area (Å²) in [6, 6.07) is 7.17. The summed E-state index contributed by atoms with van der Waals surface area (Å²) in [5.41, 5.74) is 3.08. The minimum atomic E-state index is -0.499. The molecule has 0 fully saturated rings. The highest BCUT2D eigenvalue weighted by molar-refractivity contribution is 7.99. The van der Waals surface area contributed by atoms with Gasteiger partial charge in [0.15, 0.2) is 0 Å². The van der Waals surface area contributed by atoms with Gasteiger partial charge >= 0.3 is 12.0 Å². The summed E-state index contributed by atoms with van der Waals surface area (Å²) in [5.74, 6) is 1.79. The van der Waals surface area contributed by atoms with Gasteiger partial charge in [0.05, 0.1) is 11.6 Å². The van der Waals surface area contributed by atoms with Gasteiger partial charge in [-0.05, 0) is 29.7 Å². The molecule has 25 heavy (non-hydrogen) atoms. The fourth-order valence-electron chi connectivity index (χ4n) is 2.70. The summed E-state index contributed by atoms with van der Waals surface area (Å²) in [4.78, 5) is 24.4. The van der Waals surface area contributed by atoms with Gasteiger partial charge in [0.2, 0.25) is 0 Å². The molecular weight excluding hydrogens is 336 g/mol. The van der Waals surface area contributed by atoms with E-state index in [-0.39, 0.29) is 12.0 Å². The third-order valence-corrected chi connectivity index (χ3v) is 4.95. The van der Waals surface area contributed by atoms with Crippen molar-refractivity contribution in [3.8, 4) is 0 Å². The van der Waals surface area contributed by atoms with Gasteiger partial charge < -0.3 is 15.4 Å². The van der Waals surface area contributed by atoms with Crippen LogP contribution in [-0.2, 0) is 9.53 Å². The van der Waals surface area contributed by atoms with Crippen molar-refractivity contribution in [3.05, 3.63) is 46.7 Å². The smallest absolute Gasteiger partial charge is 0.338 e. The van der Waals surface area contributed by atoms with Gasteiger partial charge in [-0.1, -0.05) is 45.0 Å². The van der Waals surface area contributed by atoms with Crippen molar-refractivity contribution in [1.82, 2.24) is 10.6 Å². The number of allylic oxidation sites excluding steroid dienone is 1. The Morgan fingerprint density at radius 3 is 2.56 bits per heavy atom. The van der Waals surface area contributed by atoms with Crippen LogP contribution in [0.25, 0.3) is 0 Å². The summed E-state index contributed by atoms with van der Waals surface area (Å²) >= 11 is 1.72. The first kappa shape index (κ1) is 19.4. The lowest BCUT2D eigenvalue weighted by Crippen LogP contribution is -2.45. The van der Waals surface area contributed by atoms with E-state index in [2.05, 4.69) is 31.4 Å². The predicted octanol–water partition coefficient (Wildman–Crippen LogP) is 3.73. The number of urea groups is 1. The molecule has 1 unspecified atom stereocenters. The first-order valence-electron chi connectivity index (χ1n) is 8.57. The molecule has 1 heterocycles. The summed E-state index contributed by atoms with van der Waals surface area (Å²) in [6.07, 6.45) is 0. The zero-order valence-electron chi connectivity index (χ0n) is 15.2. The minimum absolute atomic E-state index is 0.312. The predicted molar refractivity (Wildman–Crippen MR) is 102 cm³/mol. The van der Waals surface area contributed by atoms with Gasteiger partial charge in [0, 0.05) is 11.4 Å². The van der Waals surface area contributed by atoms with E-state index in [1.807, 2.05) is 24.3 Å². The van der Waals surface area contributed by atoms with Crippen LogP contribution in [0.5, 0.6) is 0 Å². The number of hydrogen-bond donors (Lipinski definition) is 2. The topological polar surface area (TPSA) is 67.4 Å². The highest BCUT2D eigenvalue weighted by Crippen LogP contribution is 2.28. The van der Waals surface area contributed by atoms with Crippen molar-refractivity contribution in [2.45, 2.75) is 39.7 Å². The molecule has 0 bridgehead atoms. The zero-order valence-corrected chi connectivity index (χ0v) is 16.0. The molecule has 136 valence electrons. The van der Waals surface area contributed by atoms with Crippen LogP contribution in [0.4, 0.5) is 4.79 Å². The van der Waals surface area contributed by atoms with E-state index in [0.29, 0.717) is 23.8 Å². The fraction of sp³-hybridized carbons (Fsp3) is 0.474. The molecule has 0 saturated carbocycles. The third kappa shape index (κ3) is 5.01. The number of esters is 1. The highest BCUT2D eigenvalue weighted by atomic mass is 32.2. The highest BCUT2D eigenvalue weighted by Gasteiger charge is 2.32. The number of thioether (sulfide) groups is 1. The zero-order chi connectivity index (χ0) is 18.4. The van der Waals surface area contributed by atoms with E-state index in [1.54, 1.807) is 18.7 Å². The van der Waals surface area contributed by atoms with Gasteiger partial charge in [-0.15, -0.1) is 0 Å². The average molecular weight is 362 g/mol. The Morgan fingerprint density at radius 2 is 1.96 bits per heavy atom. The number of carbonyl (C=O) groups is 2. The summed E-state index contributed by atoms with van der Waals surface area (Å²) in [6.45, 7) is 8.41. The Hall–Kier alpha value is -1.95. The molecule has 2 rings (SSSR count). The van der Waals surface area contributed by atoms with E-state index < -0.39 is 6.04 Å². The molecule has 2 amide bonds. The Kier molecular flexibility index (Phi) is 6.93. The van der Waals surface area contributed by atoms with Crippen molar-refractivity contribution in [2.75, 3.05) is 18.1 Å². The van der Waals surface area contributed by atoms with Gasteiger partial charge in [-0.2, -0.15) is 11.8 Å². The molecule has 0 saturated heterocycles. The quantitative estimate of drug-likeness (QED) is 0.573. The molecule has 0 aliphatic carbocycles. The van der Waals surface area contributed by atoms with Gasteiger partial charge in [0.1, 0.15) is 6.61 Å². The number of carbonyl (C=O) groups excluding carboxylic acids is 2.